The molecule has 3 aromatic rings. The number of rotatable bonds is 3. The molecule has 0 amide bonds. The molecule has 3 atom stereocenters. The van der Waals surface area contributed by atoms with Crippen molar-refractivity contribution in [1.29, 1.82) is 0 Å². The molecule has 0 radical (unpaired) electrons. The minimum absolute atomic E-state index is 0. The largest absolute Gasteiger partial charge is 2.00 e. The van der Waals surface area contributed by atoms with Gasteiger partial charge in [0, 0.05) is 5.56 Å². The number of carbonyl (C=O) groups excluding carboxylic acids is 1. The van der Waals surface area contributed by atoms with Gasteiger partial charge in [-0.2, -0.15) is 11.4 Å². The minimum atomic E-state index is -1.31. The first kappa shape index (κ1) is 28.0. The molecule has 6 rings (SSSR count). The number of aromatic nitrogens is 3. The second-order valence-electron chi connectivity index (χ2n) is 10.8. The fourth-order valence-corrected chi connectivity index (χ4v) is 6.33. The van der Waals surface area contributed by atoms with Gasteiger partial charge in [0.25, 0.3) is 0 Å². The molecule has 0 unspecified atom stereocenters. The molecule has 7 nitrogen and oxygen atoms in total. The van der Waals surface area contributed by atoms with E-state index in [9.17, 15) is 14.7 Å². The first-order valence-corrected chi connectivity index (χ1v) is 13.3. The molecule has 8 bridgehead atoms. The van der Waals surface area contributed by atoms with Crippen LogP contribution < -0.4 is 25.7 Å². The van der Waals surface area contributed by atoms with Crippen LogP contribution in [0.3, 0.4) is 0 Å². The van der Waals surface area contributed by atoms with Gasteiger partial charge in [-0.15, -0.1) is 33.5 Å². The number of carboxylic acids is 1. The van der Waals surface area contributed by atoms with Crippen molar-refractivity contribution in [3.05, 3.63) is 90.1 Å². The monoisotopic (exact) mass is 542 g/mol. The summed E-state index contributed by atoms with van der Waals surface area (Å²) in [4.78, 5) is 40.8. The van der Waals surface area contributed by atoms with E-state index in [-0.39, 0.29) is 34.9 Å². The van der Waals surface area contributed by atoms with Crippen molar-refractivity contribution in [2.24, 2.45) is 17.8 Å². The molecule has 40 heavy (non-hydrogen) atoms. The number of carbonyl (C=O) groups is 2. The van der Waals surface area contributed by atoms with Gasteiger partial charge in [-0.05, 0) is 45.1 Å². The molecule has 3 aromatic heterocycles. The van der Waals surface area contributed by atoms with Crippen LogP contribution in [0.4, 0.5) is 0 Å². The van der Waals surface area contributed by atoms with E-state index >= 15 is 0 Å². The third-order valence-corrected chi connectivity index (χ3v) is 8.83. The molecule has 0 spiro atoms. The summed E-state index contributed by atoms with van der Waals surface area (Å²) in [5, 5.41) is 16.8. The predicted molar refractivity (Wildman–Crippen MR) is 157 cm³/mol. The number of aliphatic carboxylic acids is 1. The van der Waals surface area contributed by atoms with E-state index in [2.05, 4.69) is 20.4 Å². The van der Waals surface area contributed by atoms with Gasteiger partial charge in [-0.1, -0.05) is 79.0 Å². The number of fused-ring (bicyclic) bond motifs is 7. The average Bonchev–Trinajstić information content (AvgIpc) is 3.62. The molecule has 1 aliphatic carbocycles. The number of carboxylic acid groups (broad SMARTS) is 1. The molecule has 1 N–H and O–H groups in total. The SMILES string of the molecule is C=Cc1c2[n-]c(c1C)/C=C1\[N-]/C(=C3\c4[n-]c(c(C)c4C(=O)[C@@H]3C(=O)O)/C=c3\[n-]/c(c(C)c3C)=C\2)[C@@H](CC)[C@@H]1C.[Mg+2]. The van der Waals surface area contributed by atoms with E-state index in [0.717, 1.165) is 56.5 Å². The normalized spacial score (nSPS) is 25.7. The van der Waals surface area contributed by atoms with Crippen molar-refractivity contribution in [1.82, 2.24) is 15.0 Å². The van der Waals surface area contributed by atoms with Crippen LogP contribution in [0.1, 0.15) is 81.2 Å². The van der Waals surface area contributed by atoms with E-state index in [1.54, 1.807) is 0 Å². The molecule has 3 aliphatic rings. The molecule has 1 fully saturated rings. The van der Waals surface area contributed by atoms with Crippen molar-refractivity contribution in [2.75, 3.05) is 0 Å². The molecule has 8 heteroatoms. The van der Waals surface area contributed by atoms with Crippen molar-refractivity contribution < 1.29 is 14.7 Å². The maximum Gasteiger partial charge on any atom is 2.00 e. The maximum absolute atomic E-state index is 13.6. The van der Waals surface area contributed by atoms with Gasteiger partial charge < -0.3 is 25.4 Å². The fourth-order valence-electron chi connectivity index (χ4n) is 6.33. The summed E-state index contributed by atoms with van der Waals surface area (Å²) < 4.78 is 0. The van der Waals surface area contributed by atoms with Crippen molar-refractivity contribution in [3.8, 4) is 0 Å². The Morgan fingerprint density at radius 3 is 2.17 bits per heavy atom. The van der Waals surface area contributed by atoms with Crippen LogP contribution in [0.25, 0.3) is 35.2 Å². The number of hydrogen-bond acceptors (Lipinski definition) is 2. The van der Waals surface area contributed by atoms with E-state index in [1.165, 1.54) is 0 Å². The zero-order valence-corrected chi connectivity index (χ0v) is 25.1. The first-order valence-electron chi connectivity index (χ1n) is 13.3. The average molecular weight is 543 g/mol. The third-order valence-electron chi connectivity index (χ3n) is 8.83. The second-order valence-corrected chi connectivity index (χ2v) is 10.8. The van der Waals surface area contributed by atoms with Crippen molar-refractivity contribution >= 4 is 64.7 Å². The van der Waals surface area contributed by atoms with Crippen LogP contribution in [0, 0.1) is 45.4 Å². The van der Waals surface area contributed by atoms with E-state index in [0.29, 0.717) is 33.8 Å². The number of ketones is 1. The van der Waals surface area contributed by atoms with Gasteiger partial charge in [-0.3, -0.25) is 9.59 Å². The summed E-state index contributed by atoms with van der Waals surface area (Å²) in [5.74, 6) is -2.94. The van der Waals surface area contributed by atoms with Crippen LogP contribution in [0.15, 0.2) is 18.0 Å². The minimum Gasteiger partial charge on any atom is -0.664 e. The first-order chi connectivity index (χ1) is 18.6. The third kappa shape index (κ3) is 3.83. The van der Waals surface area contributed by atoms with Gasteiger partial charge in [-0.25, -0.2) is 0 Å². The number of allylic oxidation sites excluding steroid dienone is 2. The van der Waals surface area contributed by atoms with E-state index in [4.69, 9.17) is 20.3 Å². The Hall–Kier alpha value is -3.49. The summed E-state index contributed by atoms with van der Waals surface area (Å²) in [6, 6.07) is 0. The Morgan fingerprint density at radius 1 is 0.950 bits per heavy atom. The Kier molecular flexibility index (Phi) is 6.91. The molecule has 2 aliphatic heterocycles. The fraction of sp³-hybridized carbons (Fsp3) is 0.312. The number of Topliss-reactive ketones (excluding diaryl/α,β-unsaturated/α-hetero) is 1. The smallest absolute Gasteiger partial charge is 0.664 e. The molecule has 0 aromatic carbocycles. The summed E-state index contributed by atoms with van der Waals surface area (Å²) in [6.45, 7) is 16.1. The molecule has 0 saturated carbocycles. The maximum atomic E-state index is 13.6. The Labute approximate surface area is 249 Å². The summed E-state index contributed by atoms with van der Waals surface area (Å²) in [5.41, 5.74) is 9.62. The zero-order valence-electron chi connectivity index (χ0n) is 23.7. The predicted octanol–water partition coefficient (Wildman–Crippen LogP) is 3.72. The van der Waals surface area contributed by atoms with Crippen LogP contribution in [0.5, 0.6) is 0 Å². The van der Waals surface area contributed by atoms with Gasteiger partial charge >= 0.3 is 29.0 Å². The van der Waals surface area contributed by atoms with E-state index < -0.39 is 17.7 Å². The quantitative estimate of drug-likeness (QED) is 0.399. The molecule has 200 valence electrons. The topological polar surface area (TPSA) is 111 Å². The number of nitrogens with zero attached hydrogens (tertiary/aromatic N) is 4. The van der Waals surface area contributed by atoms with Crippen LogP contribution in [0.2, 0.25) is 0 Å². The van der Waals surface area contributed by atoms with Crippen LogP contribution in [-0.2, 0) is 4.79 Å². The van der Waals surface area contributed by atoms with Gasteiger partial charge in [0.2, 0.25) is 0 Å². The van der Waals surface area contributed by atoms with Crippen LogP contribution >= 0.6 is 0 Å². The summed E-state index contributed by atoms with van der Waals surface area (Å²) >= 11 is 0. The van der Waals surface area contributed by atoms with Crippen molar-refractivity contribution in [2.45, 2.75) is 48.0 Å². The van der Waals surface area contributed by atoms with Gasteiger partial charge in [0.1, 0.15) is 5.92 Å². The summed E-state index contributed by atoms with van der Waals surface area (Å²) in [7, 11) is 0. The standard InChI is InChI=1S/C32H32N4O3.Mg/c1-8-18-15(5)22-11-23-16(6)19(9-2)29(35-23)27-28(32(38)39)31(37)26-17(7)24(36-30(26)27)10-20-13(3)14(4)21(33-20)12-25(18)34-22;/h8,10-12,16,19,28H,1,9H2,2-7H3,(H3,35,36,37,38,39);/q-2;+2/p-2/b20-10-,21-12-,23-11-;/t16-,19-,28+;/m0./s1. The molecular formula is C32H30MgN4O3-2. The molecule has 1 saturated heterocycles. The zero-order chi connectivity index (χ0) is 27.9. The Bertz CT molecular complexity index is 1810. The van der Waals surface area contributed by atoms with E-state index in [1.807, 2.05) is 52.0 Å². The van der Waals surface area contributed by atoms with Gasteiger partial charge in [0.05, 0.1) is 0 Å². The summed E-state index contributed by atoms with van der Waals surface area (Å²) in [6.07, 6.45) is 8.45. The molecular weight excluding hydrogens is 513 g/mol. The Morgan fingerprint density at radius 2 is 1.57 bits per heavy atom. The second kappa shape index (κ2) is 9.85. The Balaban J connectivity index is 0.00000323. The number of hydrogen-bond donors (Lipinski definition) is 1. The van der Waals surface area contributed by atoms with Gasteiger partial charge in [0.15, 0.2) is 5.78 Å². The van der Waals surface area contributed by atoms with Crippen LogP contribution in [-0.4, -0.2) is 39.9 Å². The molecule has 5 heterocycles. The van der Waals surface area contributed by atoms with Crippen molar-refractivity contribution in [3.63, 3.8) is 0 Å².